The number of H-pyrrole nitrogens is 1. The number of amides is 1. The largest absolute Gasteiger partial charge is 0.484 e. The summed E-state index contributed by atoms with van der Waals surface area (Å²) in [5.41, 5.74) is 3.61. The molecule has 1 N–H and O–H groups in total. The third-order valence-corrected chi connectivity index (χ3v) is 9.00. The van der Waals surface area contributed by atoms with E-state index in [0.717, 1.165) is 5.56 Å². The Kier molecular flexibility index (Phi) is 6.84. The van der Waals surface area contributed by atoms with E-state index in [4.69, 9.17) is 14.1 Å². The van der Waals surface area contributed by atoms with Gasteiger partial charge in [0.25, 0.3) is 0 Å². The maximum atomic E-state index is 16.5. The molecule has 0 aliphatic carbocycles. The third kappa shape index (κ3) is 4.34. The summed E-state index contributed by atoms with van der Waals surface area (Å²) in [7, 11) is 0. The molecule has 1 saturated heterocycles. The number of piperazine rings is 1. The van der Waals surface area contributed by atoms with E-state index in [-0.39, 0.29) is 53.2 Å². The van der Waals surface area contributed by atoms with Gasteiger partial charge in [-0.05, 0) is 62.1 Å². The lowest BCUT2D eigenvalue weighted by molar-refractivity contribution is -0.129. The van der Waals surface area contributed by atoms with Gasteiger partial charge in [-0.25, -0.2) is 14.2 Å². The van der Waals surface area contributed by atoms with Crippen molar-refractivity contribution >= 4 is 33.7 Å². The van der Waals surface area contributed by atoms with Crippen LogP contribution in [-0.4, -0.2) is 62.1 Å². The zero-order valence-electron chi connectivity index (χ0n) is 26.2. The SMILES string of the molecule is C=CC(=O)N1CC2COc3c(c4cc(F)c(-c5c(C)ccc6[nH]c(=O)oc56)nc4n(-c4c(C)ccnc4C(C)C)c3=O)N2CC1C. The fourth-order valence-electron chi connectivity index (χ4n) is 6.79. The fourth-order valence-corrected chi connectivity index (χ4v) is 6.79. The van der Waals surface area contributed by atoms with E-state index in [1.54, 1.807) is 30.2 Å². The first-order valence-electron chi connectivity index (χ1n) is 15.2. The molecule has 4 aromatic heterocycles. The van der Waals surface area contributed by atoms with Crippen LogP contribution in [0.4, 0.5) is 10.1 Å². The molecule has 0 spiro atoms. The number of aromatic nitrogens is 4. The summed E-state index contributed by atoms with van der Waals surface area (Å²) < 4.78 is 29.6. The molecule has 2 atom stereocenters. The van der Waals surface area contributed by atoms with Gasteiger partial charge in [-0.2, -0.15) is 0 Å². The maximum absolute atomic E-state index is 16.5. The molecule has 7 rings (SSSR count). The number of hydrogen-bond donors (Lipinski definition) is 1. The fraction of sp³-hybridized carbons (Fsp3) is 0.324. The highest BCUT2D eigenvalue weighted by Gasteiger charge is 2.41. The Morgan fingerprint density at radius 1 is 1.15 bits per heavy atom. The van der Waals surface area contributed by atoms with Crippen LogP contribution in [0.3, 0.4) is 0 Å². The molecule has 12 heteroatoms. The molecular weight excluding hydrogens is 591 g/mol. The number of rotatable bonds is 4. The van der Waals surface area contributed by atoms with Crippen molar-refractivity contribution in [3.05, 3.63) is 86.7 Å². The van der Waals surface area contributed by atoms with Crippen LogP contribution in [0.25, 0.3) is 39.1 Å². The smallest absolute Gasteiger partial charge is 0.417 e. The molecule has 2 aliphatic heterocycles. The molecule has 1 fully saturated rings. The Bertz CT molecular complexity index is 2220. The van der Waals surface area contributed by atoms with E-state index >= 15 is 4.39 Å². The molecule has 0 bridgehead atoms. The second-order valence-corrected chi connectivity index (χ2v) is 12.3. The highest BCUT2D eigenvalue weighted by molar-refractivity contribution is 5.98. The van der Waals surface area contributed by atoms with E-state index in [0.29, 0.717) is 52.2 Å². The average Bonchev–Trinajstić information content (AvgIpc) is 3.41. The summed E-state index contributed by atoms with van der Waals surface area (Å²) in [4.78, 5) is 55.3. The zero-order chi connectivity index (χ0) is 32.6. The summed E-state index contributed by atoms with van der Waals surface area (Å²) in [6, 6.07) is 6.12. The topological polar surface area (TPSA) is 127 Å². The Hall–Kier alpha value is -5.26. The number of nitrogens with one attached hydrogen (secondary N) is 1. The number of pyridine rings is 3. The second-order valence-electron chi connectivity index (χ2n) is 12.3. The lowest BCUT2D eigenvalue weighted by atomic mass is 10.00. The Morgan fingerprint density at radius 3 is 2.67 bits per heavy atom. The van der Waals surface area contributed by atoms with Crippen LogP contribution in [0.2, 0.25) is 0 Å². The number of aryl methyl sites for hydroxylation is 2. The van der Waals surface area contributed by atoms with Crippen LogP contribution in [-0.2, 0) is 4.79 Å². The molecule has 6 heterocycles. The Morgan fingerprint density at radius 2 is 1.93 bits per heavy atom. The molecular formula is C34H33FN6O5. The number of carbonyl (C=O) groups excluding carboxylic acids is 1. The number of ether oxygens (including phenoxy) is 1. The molecule has 1 aromatic carbocycles. The van der Waals surface area contributed by atoms with Crippen LogP contribution in [0.1, 0.15) is 43.5 Å². The lowest BCUT2D eigenvalue weighted by Crippen LogP contribution is -2.62. The first-order chi connectivity index (χ1) is 22.0. The van der Waals surface area contributed by atoms with Crippen LogP contribution >= 0.6 is 0 Å². The standard InChI is InChI=1S/C34H33FN6O5/c1-7-24(42)39-14-20-15-45-31-29(40(20)13-19(39)6)21-12-22(35)27(25-17(4)8-9-23-30(25)46-34(44)37-23)38-32(21)41(33(31)43)28-18(5)10-11-36-26(28)16(2)3/h7-12,16,19-20H,1,13-15H2,2-6H3,(H,37,44). The van der Waals surface area contributed by atoms with E-state index in [2.05, 4.69) is 16.5 Å². The second kappa shape index (κ2) is 10.7. The van der Waals surface area contributed by atoms with Crippen LogP contribution in [0, 0.1) is 19.7 Å². The lowest BCUT2D eigenvalue weighted by Gasteiger charge is -2.48. The molecule has 0 saturated carbocycles. The van der Waals surface area contributed by atoms with Crippen molar-refractivity contribution < 1.29 is 18.3 Å². The van der Waals surface area contributed by atoms with Crippen molar-refractivity contribution in [3.8, 4) is 22.7 Å². The summed E-state index contributed by atoms with van der Waals surface area (Å²) in [5.74, 6) is -1.50. The molecule has 1 amide bonds. The predicted molar refractivity (Wildman–Crippen MR) is 172 cm³/mol. The number of carbonyl (C=O) groups is 1. The molecule has 2 unspecified atom stereocenters. The zero-order valence-corrected chi connectivity index (χ0v) is 26.2. The Balaban J connectivity index is 1.58. The molecule has 0 radical (unpaired) electrons. The van der Waals surface area contributed by atoms with Gasteiger partial charge < -0.3 is 19.0 Å². The van der Waals surface area contributed by atoms with Gasteiger partial charge in [0.15, 0.2) is 11.2 Å². The summed E-state index contributed by atoms with van der Waals surface area (Å²) in [6.45, 7) is 14.1. The third-order valence-electron chi connectivity index (χ3n) is 9.00. The number of fused-ring (bicyclic) bond motifs is 6. The quantitative estimate of drug-likeness (QED) is 0.284. The van der Waals surface area contributed by atoms with Gasteiger partial charge in [-0.1, -0.05) is 26.5 Å². The van der Waals surface area contributed by atoms with Gasteiger partial charge in [0.05, 0.1) is 34.2 Å². The molecule has 5 aromatic rings. The van der Waals surface area contributed by atoms with Crippen LogP contribution in [0.15, 0.2) is 57.1 Å². The Labute approximate surface area is 262 Å². The number of halogens is 1. The van der Waals surface area contributed by atoms with Crippen molar-refractivity contribution in [1.82, 2.24) is 24.4 Å². The first kappa shape index (κ1) is 29.5. The molecule has 46 heavy (non-hydrogen) atoms. The van der Waals surface area contributed by atoms with Gasteiger partial charge >= 0.3 is 11.3 Å². The summed E-state index contributed by atoms with van der Waals surface area (Å²) in [6.07, 6.45) is 2.99. The molecule has 11 nitrogen and oxygen atoms in total. The number of benzene rings is 1. The summed E-state index contributed by atoms with van der Waals surface area (Å²) >= 11 is 0. The van der Waals surface area contributed by atoms with Crippen molar-refractivity contribution in [1.29, 1.82) is 0 Å². The summed E-state index contributed by atoms with van der Waals surface area (Å²) in [5, 5.41) is 0.370. The molecule has 2 aliphatic rings. The minimum Gasteiger partial charge on any atom is -0.484 e. The van der Waals surface area contributed by atoms with E-state index in [1.807, 2.05) is 38.7 Å². The maximum Gasteiger partial charge on any atom is 0.417 e. The number of anilines is 1. The monoisotopic (exact) mass is 624 g/mol. The van der Waals surface area contributed by atoms with Gasteiger partial charge in [-0.3, -0.25) is 24.1 Å². The van der Waals surface area contributed by atoms with Gasteiger partial charge in [-0.15, -0.1) is 0 Å². The number of hydrogen-bond acceptors (Lipinski definition) is 8. The predicted octanol–water partition coefficient (Wildman–Crippen LogP) is 4.75. The van der Waals surface area contributed by atoms with Crippen LogP contribution in [0.5, 0.6) is 5.75 Å². The highest BCUT2D eigenvalue weighted by atomic mass is 19.1. The van der Waals surface area contributed by atoms with Crippen molar-refractivity contribution in [2.45, 2.75) is 52.6 Å². The number of oxazole rings is 1. The number of aromatic amines is 1. The van der Waals surface area contributed by atoms with Gasteiger partial charge in [0, 0.05) is 30.7 Å². The van der Waals surface area contributed by atoms with Crippen LogP contribution < -0.4 is 21.0 Å². The van der Waals surface area contributed by atoms with Crippen molar-refractivity contribution in [2.24, 2.45) is 0 Å². The van der Waals surface area contributed by atoms with Crippen molar-refractivity contribution in [3.63, 3.8) is 0 Å². The van der Waals surface area contributed by atoms with Crippen molar-refractivity contribution in [2.75, 3.05) is 24.6 Å². The average molecular weight is 625 g/mol. The van der Waals surface area contributed by atoms with E-state index in [9.17, 15) is 14.4 Å². The molecule has 236 valence electrons. The van der Waals surface area contributed by atoms with E-state index in [1.165, 1.54) is 16.7 Å². The van der Waals surface area contributed by atoms with E-state index < -0.39 is 17.1 Å². The normalized spacial score (nSPS) is 17.7. The minimum atomic E-state index is -0.673. The van der Waals surface area contributed by atoms with Gasteiger partial charge in [0.1, 0.15) is 18.1 Å². The number of nitrogens with zero attached hydrogens (tertiary/aromatic N) is 5. The van der Waals surface area contributed by atoms with Gasteiger partial charge in [0.2, 0.25) is 11.7 Å². The first-order valence-corrected chi connectivity index (χ1v) is 15.2. The highest BCUT2D eigenvalue weighted by Crippen LogP contribution is 2.43. The minimum absolute atomic E-state index is 0.0560.